The van der Waals surface area contributed by atoms with Gasteiger partial charge in [-0.25, -0.2) is 0 Å². The summed E-state index contributed by atoms with van der Waals surface area (Å²) in [5, 5.41) is 0. The molecule has 0 aliphatic carbocycles. The lowest BCUT2D eigenvalue weighted by Gasteiger charge is -2.22. The summed E-state index contributed by atoms with van der Waals surface area (Å²) in [6.07, 6.45) is 11.3. The molecule has 1 heterocycles. The van der Waals surface area contributed by atoms with Crippen LogP contribution in [-0.4, -0.2) is 13.7 Å². The van der Waals surface area contributed by atoms with Gasteiger partial charge in [-0.1, -0.05) is 49.8 Å². The van der Waals surface area contributed by atoms with Crippen molar-refractivity contribution in [1.29, 1.82) is 0 Å². The van der Waals surface area contributed by atoms with E-state index in [-0.39, 0.29) is 6.10 Å². The molecule has 0 saturated heterocycles. The Bertz CT molecular complexity index is 431. The fourth-order valence-corrected chi connectivity index (χ4v) is 2.13. The van der Waals surface area contributed by atoms with E-state index in [4.69, 9.17) is 9.47 Å². The van der Waals surface area contributed by atoms with Crippen LogP contribution in [0.3, 0.4) is 0 Å². The Morgan fingerprint density at radius 3 is 2.63 bits per heavy atom. The van der Waals surface area contributed by atoms with E-state index in [1.807, 2.05) is 12.1 Å². The van der Waals surface area contributed by atoms with Crippen molar-refractivity contribution in [2.24, 2.45) is 5.92 Å². The third-order valence-corrected chi connectivity index (χ3v) is 3.28. The maximum absolute atomic E-state index is 5.90. The molecule has 1 aromatic rings. The van der Waals surface area contributed by atoms with Crippen LogP contribution >= 0.6 is 0 Å². The zero-order valence-electron chi connectivity index (χ0n) is 11.7. The topological polar surface area (TPSA) is 18.5 Å². The highest BCUT2D eigenvalue weighted by atomic mass is 16.5. The van der Waals surface area contributed by atoms with E-state index in [0.717, 1.165) is 18.8 Å². The first-order valence-corrected chi connectivity index (χ1v) is 6.94. The lowest BCUT2D eigenvalue weighted by atomic mass is 10.0. The van der Waals surface area contributed by atoms with Crippen molar-refractivity contribution in [3.63, 3.8) is 0 Å². The Hall–Kier alpha value is -1.54. The van der Waals surface area contributed by atoms with Crippen LogP contribution in [0.5, 0.6) is 5.75 Å². The molecular formula is C17H22O2. The molecule has 2 rings (SSSR count). The Kier molecular flexibility index (Phi) is 5.22. The first kappa shape index (κ1) is 13.9. The predicted molar refractivity (Wildman–Crippen MR) is 78.4 cm³/mol. The molecule has 2 atom stereocenters. The zero-order valence-corrected chi connectivity index (χ0v) is 11.7. The number of hydrogen-bond donors (Lipinski definition) is 0. The van der Waals surface area contributed by atoms with Crippen LogP contribution in [0.4, 0.5) is 0 Å². The van der Waals surface area contributed by atoms with Crippen LogP contribution in [0.25, 0.3) is 0 Å². The average Bonchev–Trinajstić information content (AvgIpc) is 2.48. The first-order valence-electron chi connectivity index (χ1n) is 6.94. The smallest absolute Gasteiger partial charge is 0.118 e. The number of rotatable bonds is 5. The quantitative estimate of drug-likeness (QED) is 0.733. The van der Waals surface area contributed by atoms with Gasteiger partial charge < -0.3 is 9.47 Å². The Morgan fingerprint density at radius 1 is 1.26 bits per heavy atom. The zero-order chi connectivity index (χ0) is 13.5. The van der Waals surface area contributed by atoms with Gasteiger partial charge in [-0.15, -0.1) is 0 Å². The molecule has 0 aromatic heterocycles. The minimum Gasteiger partial charge on any atom is -0.497 e. The monoisotopic (exact) mass is 258 g/mol. The van der Waals surface area contributed by atoms with E-state index in [0.29, 0.717) is 5.92 Å². The van der Waals surface area contributed by atoms with E-state index in [1.165, 1.54) is 12.0 Å². The summed E-state index contributed by atoms with van der Waals surface area (Å²) in [5.41, 5.74) is 1.17. The summed E-state index contributed by atoms with van der Waals surface area (Å²) in [6, 6.07) is 8.06. The van der Waals surface area contributed by atoms with E-state index in [2.05, 4.69) is 43.4 Å². The van der Waals surface area contributed by atoms with Crippen molar-refractivity contribution in [2.45, 2.75) is 25.9 Å². The molecule has 2 nitrogen and oxygen atoms in total. The molecule has 0 saturated carbocycles. The normalized spacial score (nSPS) is 22.8. The van der Waals surface area contributed by atoms with Crippen LogP contribution in [0.15, 0.2) is 48.6 Å². The second-order valence-corrected chi connectivity index (χ2v) is 4.79. The fraction of sp³-hybridized carbons (Fsp3) is 0.412. The van der Waals surface area contributed by atoms with Crippen molar-refractivity contribution in [3.8, 4) is 5.75 Å². The van der Waals surface area contributed by atoms with Crippen molar-refractivity contribution in [2.75, 3.05) is 13.7 Å². The van der Waals surface area contributed by atoms with Crippen LogP contribution in [0.1, 0.15) is 31.4 Å². The standard InChI is InChI=1S/C17H22O2/c1-3-4-5-6-14-7-12-17(19-13-14)15-8-10-16(18-2)11-9-15/h5-12,14,17H,3-4,13H2,1-2H3/b6-5+/t14-,17+/m1/s1. The molecule has 1 aromatic carbocycles. The minimum absolute atomic E-state index is 0.0710. The molecule has 0 spiro atoms. The molecule has 1 aliphatic rings. The lowest BCUT2D eigenvalue weighted by Crippen LogP contribution is -2.14. The maximum Gasteiger partial charge on any atom is 0.118 e. The number of hydrogen-bond acceptors (Lipinski definition) is 2. The number of methoxy groups -OCH3 is 1. The molecule has 19 heavy (non-hydrogen) atoms. The summed E-state index contributed by atoms with van der Waals surface area (Å²) in [5.74, 6) is 1.30. The van der Waals surface area contributed by atoms with Gasteiger partial charge in [0, 0.05) is 5.92 Å². The first-order chi connectivity index (χ1) is 9.33. The van der Waals surface area contributed by atoms with Crippen molar-refractivity contribution in [1.82, 2.24) is 0 Å². The van der Waals surface area contributed by atoms with Gasteiger partial charge in [0.1, 0.15) is 11.9 Å². The maximum atomic E-state index is 5.90. The molecule has 0 N–H and O–H groups in total. The molecule has 2 heteroatoms. The summed E-state index contributed by atoms with van der Waals surface area (Å²) < 4.78 is 11.1. The highest BCUT2D eigenvalue weighted by Gasteiger charge is 2.15. The van der Waals surface area contributed by atoms with Gasteiger partial charge in [0.15, 0.2) is 0 Å². The third kappa shape index (κ3) is 3.97. The molecule has 0 bridgehead atoms. The van der Waals surface area contributed by atoms with Gasteiger partial charge in [0.2, 0.25) is 0 Å². The number of allylic oxidation sites excluding steroid dienone is 1. The molecule has 0 fully saturated rings. The molecule has 0 unspecified atom stereocenters. The van der Waals surface area contributed by atoms with Crippen molar-refractivity contribution >= 4 is 0 Å². The largest absolute Gasteiger partial charge is 0.497 e. The Balaban J connectivity index is 1.95. The van der Waals surface area contributed by atoms with Gasteiger partial charge >= 0.3 is 0 Å². The highest BCUT2D eigenvalue weighted by molar-refractivity contribution is 5.30. The van der Waals surface area contributed by atoms with Crippen LogP contribution < -0.4 is 4.74 Å². The lowest BCUT2D eigenvalue weighted by molar-refractivity contribution is 0.0647. The van der Waals surface area contributed by atoms with Crippen LogP contribution in [0, 0.1) is 5.92 Å². The van der Waals surface area contributed by atoms with E-state index < -0.39 is 0 Å². The second kappa shape index (κ2) is 7.15. The SMILES string of the molecule is CCC/C=C/[C@@H]1C=C[C@@H](c2ccc(OC)cc2)OC1. The fourth-order valence-electron chi connectivity index (χ4n) is 2.13. The molecule has 0 amide bonds. The van der Waals surface area contributed by atoms with Crippen LogP contribution in [0.2, 0.25) is 0 Å². The predicted octanol–water partition coefficient (Wildman–Crippen LogP) is 4.30. The van der Waals surface area contributed by atoms with E-state index in [1.54, 1.807) is 7.11 Å². The summed E-state index contributed by atoms with van der Waals surface area (Å²) in [4.78, 5) is 0. The second-order valence-electron chi connectivity index (χ2n) is 4.79. The number of unbranched alkanes of at least 4 members (excludes halogenated alkanes) is 1. The molecular weight excluding hydrogens is 236 g/mol. The number of ether oxygens (including phenoxy) is 2. The van der Waals surface area contributed by atoms with Gasteiger partial charge in [-0.2, -0.15) is 0 Å². The highest BCUT2D eigenvalue weighted by Crippen LogP contribution is 2.26. The van der Waals surface area contributed by atoms with Crippen molar-refractivity contribution in [3.05, 3.63) is 54.1 Å². The Morgan fingerprint density at radius 2 is 2.05 bits per heavy atom. The number of benzene rings is 1. The molecule has 1 aliphatic heterocycles. The van der Waals surface area contributed by atoms with Crippen LogP contribution in [-0.2, 0) is 4.74 Å². The van der Waals surface area contributed by atoms with Gasteiger partial charge in [-0.3, -0.25) is 0 Å². The summed E-state index contributed by atoms with van der Waals surface area (Å²) in [6.45, 7) is 2.95. The van der Waals surface area contributed by atoms with E-state index >= 15 is 0 Å². The Labute approximate surface area is 115 Å². The van der Waals surface area contributed by atoms with Gasteiger partial charge in [-0.05, 0) is 24.1 Å². The summed E-state index contributed by atoms with van der Waals surface area (Å²) >= 11 is 0. The third-order valence-electron chi connectivity index (χ3n) is 3.28. The van der Waals surface area contributed by atoms with Crippen molar-refractivity contribution < 1.29 is 9.47 Å². The van der Waals surface area contributed by atoms with E-state index in [9.17, 15) is 0 Å². The molecule has 0 radical (unpaired) electrons. The average molecular weight is 258 g/mol. The minimum atomic E-state index is 0.0710. The van der Waals surface area contributed by atoms with Gasteiger partial charge in [0.05, 0.1) is 13.7 Å². The summed E-state index contributed by atoms with van der Waals surface area (Å²) in [7, 11) is 1.68. The molecule has 102 valence electrons. The van der Waals surface area contributed by atoms with Gasteiger partial charge in [0.25, 0.3) is 0 Å².